The average molecular weight is 707 g/mol. The van der Waals surface area contributed by atoms with Gasteiger partial charge in [-0.2, -0.15) is 0 Å². The van der Waals surface area contributed by atoms with Crippen LogP contribution in [0.3, 0.4) is 0 Å². The Morgan fingerprint density at radius 1 is 0.455 bits per heavy atom. The van der Waals surface area contributed by atoms with Gasteiger partial charge in [0.2, 0.25) is 5.95 Å². The minimum atomic E-state index is -0.327. The van der Waals surface area contributed by atoms with Gasteiger partial charge in [0, 0.05) is 33.0 Å². The van der Waals surface area contributed by atoms with Gasteiger partial charge in [0.15, 0.2) is 5.84 Å². The molecule has 0 aliphatic carbocycles. The van der Waals surface area contributed by atoms with Crippen LogP contribution in [-0.2, 0) is 0 Å². The Kier molecular flexibility index (Phi) is 8.11. The summed E-state index contributed by atoms with van der Waals surface area (Å²) in [5.41, 5.74) is 11.0. The van der Waals surface area contributed by atoms with E-state index in [2.05, 4.69) is 125 Å². The highest BCUT2D eigenvalue weighted by molar-refractivity contribution is 6.23. The Balaban J connectivity index is 1.26. The maximum Gasteiger partial charge on any atom is 0.235 e. The number of hydrogen-bond donors (Lipinski definition) is 1. The SMILES string of the molecule is c1ccc(C2=NC(c3cccc4c3c3cc(-c5ccccc5)ccc3n4-c3nc(-c4ccccc4)cc(-c4ccccc4)n3)=NC(c3ccccc3)N2)cc1. The molecule has 0 spiro atoms. The maximum absolute atomic E-state index is 5.30. The highest BCUT2D eigenvalue weighted by atomic mass is 15.2. The van der Waals surface area contributed by atoms with Crippen molar-refractivity contribution in [3.63, 3.8) is 0 Å². The van der Waals surface area contributed by atoms with Crippen LogP contribution in [0.1, 0.15) is 22.9 Å². The van der Waals surface area contributed by atoms with Crippen molar-refractivity contribution in [2.24, 2.45) is 9.98 Å². The lowest BCUT2D eigenvalue weighted by molar-refractivity contribution is 0.674. The average Bonchev–Trinajstić information content (AvgIpc) is 3.61. The summed E-state index contributed by atoms with van der Waals surface area (Å²) >= 11 is 0. The summed E-state index contributed by atoms with van der Waals surface area (Å²) < 4.78 is 2.19. The summed E-state index contributed by atoms with van der Waals surface area (Å²) in [7, 11) is 0. The molecule has 1 unspecified atom stereocenters. The van der Waals surface area contributed by atoms with Crippen LogP contribution < -0.4 is 5.32 Å². The molecule has 1 aliphatic rings. The summed E-state index contributed by atoms with van der Waals surface area (Å²) in [6.07, 6.45) is -0.327. The third-order valence-corrected chi connectivity index (χ3v) is 10.1. The van der Waals surface area contributed by atoms with Crippen molar-refractivity contribution in [2.75, 3.05) is 0 Å². The molecule has 0 radical (unpaired) electrons. The molecule has 10 rings (SSSR count). The lowest BCUT2D eigenvalue weighted by atomic mass is 10.00. The smallest absolute Gasteiger partial charge is 0.235 e. The van der Waals surface area contributed by atoms with E-state index in [4.69, 9.17) is 20.0 Å². The Hall–Kier alpha value is -7.44. The van der Waals surface area contributed by atoms with Gasteiger partial charge in [-0.05, 0) is 41.0 Å². The van der Waals surface area contributed by atoms with Gasteiger partial charge in [-0.25, -0.2) is 20.0 Å². The highest BCUT2D eigenvalue weighted by Gasteiger charge is 2.25. The quantitative estimate of drug-likeness (QED) is 0.179. The molecule has 1 N–H and O–H groups in total. The number of nitrogens with one attached hydrogen (secondary N) is 1. The van der Waals surface area contributed by atoms with Gasteiger partial charge in [-0.3, -0.25) is 4.57 Å². The summed E-state index contributed by atoms with van der Waals surface area (Å²) in [6.45, 7) is 0. The van der Waals surface area contributed by atoms with E-state index in [1.807, 2.05) is 78.9 Å². The van der Waals surface area contributed by atoms with E-state index in [1.54, 1.807) is 0 Å². The van der Waals surface area contributed by atoms with Crippen molar-refractivity contribution in [1.29, 1.82) is 0 Å². The second kappa shape index (κ2) is 13.8. The minimum Gasteiger partial charge on any atom is -0.344 e. The first-order chi connectivity index (χ1) is 27.3. The number of aliphatic imine (C=N–C) groups is 2. The maximum atomic E-state index is 5.30. The first-order valence-electron chi connectivity index (χ1n) is 18.4. The molecule has 0 saturated heterocycles. The van der Waals surface area contributed by atoms with E-state index >= 15 is 0 Å². The van der Waals surface area contributed by atoms with Crippen molar-refractivity contribution < 1.29 is 0 Å². The van der Waals surface area contributed by atoms with Gasteiger partial charge in [-0.15, -0.1) is 0 Å². The highest BCUT2D eigenvalue weighted by Crippen LogP contribution is 2.38. The third kappa shape index (κ3) is 6.06. The molecular weight excluding hydrogens is 673 g/mol. The van der Waals surface area contributed by atoms with Gasteiger partial charge in [0.25, 0.3) is 0 Å². The Morgan fingerprint density at radius 3 is 1.64 bits per heavy atom. The molecule has 260 valence electrons. The van der Waals surface area contributed by atoms with Crippen molar-refractivity contribution in [3.8, 4) is 39.6 Å². The molecule has 55 heavy (non-hydrogen) atoms. The van der Waals surface area contributed by atoms with E-state index in [-0.39, 0.29) is 6.17 Å². The zero-order chi connectivity index (χ0) is 36.6. The molecule has 7 aromatic carbocycles. The van der Waals surface area contributed by atoms with Gasteiger partial charge in [-0.1, -0.05) is 170 Å². The van der Waals surface area contributed by atoms with E-state index in [0.717, 1.165) is 78.0 Å². The number of nitrogens with zero attached hydrogens (tertiary/aromatic N) is 5. The number of aromatic nitrogens is 3. The lowest BCUT2D eigenvalue weighted by Crippen LogP contribution is -2.33. The number of fused-ring (bicyclic) bond motifs is 3. The number of amidine groups is 2. The second-order valence-corrected chi connectivity index (χ2v) is 13.5. The van der Waals surface area contributed by atoms with E-state index < -0.39 is 0 Å². The first-order valence-corrected chi connectivity index (χ1v) is 18.4. The fraction of sp³-hybridized carbons (Fsp3) is 0.0204. The molecule has 9 aromatic rings. The molecule has 0 saturated carbocycles. The summed E-state index contributed by atoms with van der Waals surface area (Å²) in [5.74, 6) is 2.02. The molecule has 0 bridgehead atoms. The Labute approximate surface area is 318 Å². The standard InChI is InChI=1S/C49H34N6/c1-6-17-33(18-7-1)38-29-30-43-40(31-38)45-39(48-53-46(36-23-12-4-13-24-36)52-47(54-48)37-25-14-5-15-26-37)27-16-28-44(45)55(43)49-50-41(34-19-8-2-9-20-34)32-42(51-49)35-21-10-3-11-22-35/h1-32,46H,(H,52,53,54). The molecule has 6 heteroatoms. The van der Waals surface area contributed by atoms with E-state index in [1.165, 1.54) is 0 Å². The van der Waals surface area contributed by atoms with Crippen molar-refractivity contribution >= 4 is 33.5 Å². The minimum absolute atomic E-state index is 0.327. The summed E-state index contributed by atoms with van der Waals surface area (Å²) in [6, 6.07) is 66.8. The molecular formula is C49H34N6. The number of benzene rings is 7. The van der Waals surface area contributed by atoms with Crippen LogP contribution in [0.15, 0.2) is 204 Å². The number of hydrogen-bond acceptors (Lipinski definition) is 5. The van der Waals surface area contributed by atoms with Crippen LogP contribution in [0.2, 0.25) is 0 Å². The molecule has 0 fully saturated rings. The van der Waals surface area contributed by atoms with Crippen LogP contribution in [-0.4, -0.2) is 26.2 Å². The van der Waals surface area contributed by atoms with Gasteiger partial charge >= 0.3 is 0 Å². The normalized spacial score (nSPS) is 14.0. The molecule has 6 nitrogen and oxygen atoms in total. The van der Waals surface area contributed by atoms with Crippen LogP contribution in [0.4, 0.5) is 0 Å². The van der Waals surface area contributed by atoms with Gasteiger partial charge in [0.05, 0.1) is 22.4 Å². The Bertz CT molecular complexity index is 2810. The Morgan fingerprint density at radius 2 is 1.02 bits per heavy atom. The largest absolute Gasteiger partial charge is 0.344 e. The van der Waals surface area contributed by atoms with Crippen LogP contribution in [0.5, 0.6) is 0 Å². The van der Waals surface area contributed by atoms with Gasteiger partial charge in [0.1, 0.15) is 12.0 Å². The topological polar surface area (TPSA) is 67.5 Å². The predicted octanol–water partition coefficient (Wildman–Crippen LogP) is 11.1. The van der Waals surface area contributed by atoms with E-state index in [0.29, 0.717) is 11.8 Å². The van der Waals surface area contributed by atoms with Gasteiger partial charge < -0.3 is 5.32 Å². The molecule has 0 amide bonds. The fourth-order valence-corrected chi connectivity index (χ4v) is 7.45. The molecule has 3 heterocycles. The fourth-order valence-electron chi connectivity index (χ4n) is 7.45. The second-order valence-electron chi connectivity index (χ2n) is 13.5. The van der Waals surface area contributed by atoms with E-state index in [9.17, 15) is 0 Å². The zero-order valence-corrected chi connectivity index (χ0v) is 29.8. The van der Waals surface area contributed by atoms with Crippen LogP contribution in [0.25, 0.3) is 61.4 Å². The van der Waals surface area contributed by atoms with Crippen molar-refractivity contribution in [3.05, 3.63) is 211 Å². The summed E-state index contributed by atoms with van der Waals surface area (Å²) in [4.78, 5) is 21.1. The monoisotopic (exact) mass is 706 g/mol. The van der Waals surface area contributed by atoms with Crippen LogP contribution >= 0.6 is 0 Å². The van der Waals surface area contributed by atoms with Crippen molar-refractivity contribution in [2.45, 2.75) is 6.17 Å². The van der Waals surface area contributed by atoms with Crippen LogP contribution in [0, 0.1) is 0 Å². The summed E-state index contributed by atoms with van der Waals surface area (Å²) in [5, 5.41) is 5.72. The van der Waals surface area contributed by atoms with Crippen molar-refractivity contribution in [1.82, 2.24) is 19.9 Å². The zero-order valence-electron chi connectivity index (χ0n) is 29.8. The third-order valence-electron chi connectivity index (χ3n) is 10.1. The molecule has 1 atom stereocenters. The predicted molar refractivity (Wildman–Crippen MR) is 225 cm³/mol. The lowest BCUT2D eigenvalue weighted by Gasteiger charge is -2.24. The number of rotatable bonds is 7. The molecule has 2 aromatic heterocycles. The first kappa shape index (κ1) is 32.2. The molecule has 1 aliphatic heterocycles.